The van der Waals surface area contributed by atoms with E-state index in [-0.39, 0.29) is 22.3 Å². The molecule has 30 heavy (non-hydrogen) atoms. The van der Waals surface area contributed by atoms with E-state index in [1.807, 2.05) is 18.4 Å². The van der Waals surface area contributed by atoms with Gasteiger partial charge in [-0.15, -0.1) is 0 Å². The first-order valence-corrected chi connectivity index (χ1v) is 12.2. The molecule has 0 fully saturated rings. The molecule has 0 aliphatic carbocycles. The van der Waals surface area contributed by atoms with E-state index in [1.165, 1.54) is 22.1 Å². The molecule has 0 bridgehead atoms. The standard InChI is InChI=1S/C21H25F2N3O2S2/c1-5-25(6-2)30(27,28)17-8-10-20-19(12-17)24-21(26(20)14(3)4)29-13-15-11-16(22)7-9-18(15)23/h7-12,14H,5-6,13H2,1-4H3. The molecule has 0 unspecified atom stereocenters. The van der Waals surface area contributed by atoms with Gasteiger partial charge >= 0.3 is 0 Å². The van der Waals surface area contributed by atoms with Gasteiger partial charge < -0.3 is 4.57 Å². The van der Waals surface area contributed by atoms with Gasteiger partial charge in [-0.05, 0) is 50.2 Å². The fourth-order valence-electron chi connectivity index (χ4n) is 3.33. The zero-order valence-corrected chi connectivity index (χ0v) is 19.0. The molecule has 0 aliphatic heterocycles. The van der Waals surface area contributed by atoms with Crippen LogP contribution in [0.15, 0.2) is 46.5 Å². The van der Waals surface area contributed by atoms with Crippen molar-refractivity contribution in [2.24, 2.45) is 0 Å². The molecule has 1 heterocycles. The van der Waals surface area contributed by atoms with Gasteiger partial charge in [0.1, 0.15) is 11.6 Å². The van der Waals surface area contributed by atoms with Crippen LogP contribution in [-0.2, 0) is 15.8 Å². The van der Waals surface area contributed by atoms with E-state index in [1.54, 1.807) is 32.0 Å². The smallest absolute Gasteiger partial charge is 0.243 e. The van der Waals surface area contributed by atoms with Crippen molar-refractivity contribution in [2.45, 2.75) is 49.5 Å². The first-order valence-electron chi connectivity index (χ1n) is 9.77. The second-order valence-corrected chi connectivity index (χ2v) is 10.0. The minimum absolute atomic E-state index is 0.0556. The highest BCUT2D eigenvalue weighted by atomic mass is 32.2. The SMILES string of the molecule is CCN(CC)S(=O)(=O)c1ccc2c(c1)nc(SCc1cc(F)ccc1F)n2C(C)C. The van der Waals surface area contributed by atoms with Gasteiger partial charge in [0, 0.05) is 30.4 Å². The normalized spacial score (nSPS) is 12.4. The zero-order chi connectivity index (χ0) is 22.1. The molecule has 2 aromatic carbocycles. The van der Waals surface area contributed by atoms with Crippen LogP contribution in [0.3, 0.4) is 0 Å². The van der Waals surface area contributed by atoms with Crippen LogP contribution in [0.25, 0.3) is 11.0 Å². The second kappa shape index (κ2) is 9.03. The number of rotatable bonds is 8. The molecular formula is C21H25F2N3O2S2. The first-order chi connectivity index (χ1) is 14.2. The average molecular weight is 454 g/mol. The first kappa shape index (κ1) is 22.7. The summed E-state index contributed by atoms with van der Waals surface area (Å²) in [4.78, 5) is 4.81. The van der Waals surface area contributed by atoms with E-state index in [9.17, 15) is 17.2 Å². The van der Waals surface area contributed by atoms with Crippen LogP contribution in [0.2, 0.25) is 0 Å². The maximum atomic E-state index is 14.0. The predicted octanol–water partition coefficient (Wildman–Crippen LogP) is 5.22. The van der Waals surface area contributed by atoms with Crippen molar-refractivity contribution < 1.29 is 17.2 Å². The highest BCUT2D eigenvalue weighted by Crippen LogP contribution is 2.32. The van der Waals surface area contributed by atoms with Crippen molar-refractivity contribution >= 4 is 32.8 Å². The Hall–Kier alpha value is -1.97. The van der Waals surface area contributed by atoms with Crippen LogP contribution < -0.4 is 0 Å². The Balaban J connectivity index is 2.01. The number of nitrogens with zero attached hydrogens (tertiary/aromatic N) is 3. The Morgan fingerprint density at radius 1 is 1.10 bits per heavy atom. The maximum Gasteiger partial charge on any atom is 0.243 e. The number of fused-ring (bicyclic) bond motifs is 1. The quantitative estimate of drug-likeness (QED) is 0.439. The largest absolute Gasteiger partial charge is 0.316 e. The van der Waals surface area contributed by atoms with E-state index in [0.717, 1.165) is 17.6 Å². The third kappa shape index (κ3) is 4.38. The molecule has 0 saturated heterocycles. The summed E-state index contributed by atoms with van der Waals surface area (Å²) in [5.41, 5.74) is 1.61. The number of aromatic nitrogens is 2. The van der Waals surface area contributed by atoms with Gasteiger partial charge in [0.05, 0.1) is 15.9 Å². The van der Waals surface area contributed by atoms with Gasteiger partial charge in [0.2, 0.25) is 10.0 Å². The summed E-state index contributed by atoms with van der Waals surface area (Å²) >= 11 is 1.29. The van der Waals surface area contributed by atoms with Crippen molar-refractivity contribution in [2.75, 3.05) is 13.1 Å². The molecular weight excluding hydrogens is 428 g/mol. The molecule has 9 heteroatoms. The van der Waals surface area contributed by atoms with E-state index >= 15 is 0 Å². The third-order valence-electron chi connectivity index (χ3n) is 4.85. The molecule has 3 aromatic rings. The van der Waals surface area contributed by atoms with Crippen LogP contribution in [0, 0.1) is 11.6 Å². The maximum absolute atomic E-state index is 14.0. The highest BCUT2D eigenvalue weighted by Gasteiger charge is 2.23. The summed E-state index contributed by atoms with van der Waals surface area (Å²) < 4.78 is 56.5. The summed E-state index contributed by atoms with van der Waals surface area (Å²) in [5.74, 6) is -0.746. The number of benzene rings is 2. The molecule has 1 aromatic heterocycles. The summed E-state index contributed by atoms with van der Waals surface area (Å²) in [6.45, 7) is 8.36. The summed E-state index contributed by atoms with van der Waals surface area (Å²) in [7, 11) is -3.60. The van der Waals surface area contributed by atoms with Crippen molar-refractivity contribution in [1.82, 2.24) is 13.9 Å². The molecule has 0 radical (unpaired) electrons. The monoisotopic (exact) mass is 453 g/mol. The zero-order valence-electron chi connectivity index (χ0n) is 17.4. The van der Waals surface area contributed by atoms with Gasteiger partial charge in [-0.2, -0.15) is 4.31 Å². The third-order valence-corrected chi connectivity index (χ3v) is 7.90. The van der Waals surface area contributed by atoms with Crippen molar-refractivity contribution in [3.63, 3.8) is 0 Å². The van der Waals surface area contributed by atoms with Gasteiger partial charge in [0.15, 0.2) is 5.16 Å². The number of hydrogen-bond acceptors (Lipinski definition) is 4. The van der Waals surface area contributed by atoms with Crippen LogP contribution >= 0.6 is 11.8 Å². The summed E-state index contributed by atoms with van der Waals surface area (Å²) in [6.07, 6.45) is 0. The molecule has 0 atom stereocenters. The van der Waals surface area contributed by atoms with Crippen LogP contribution in [0.1, 0.15) is 39.3 Å². The Labute approximate surface area is 180 Å². The fraction of sp³-hybridized carbons (Fsp3) is 0.381. The molecule has 0 spiro atoms. The van der Waals surface area contributed by atoms with Gasteiger partial charge in [-0.25, -0.2) is 22.2 Å². The molecule has 162 valence electrons. The predicted molar refractivity (Wildman–Crippen MR) is 116 cm³/mol. The number of halogens is 2. The molecule has 0 aliphatic rings. The molecule has 0 N–H and O–H groups in total. The molecule has 3 rings (SSSR count). The van der Waals surface area contributed by atoms with Gasteiger partial charge in [-0.1, -0.05) is 25.6 Å². The lowest BCUT2D eigenvalue weighted by Crippen LogP contribution is -2.30. The lowest BCUT2D eigenvalue weighted by molar-refractivity contribution is 0.445. The number of imidazole rings is 1. The van der Waals surface area contributed by atoms with Crippen LogP contribution in [-0.4, -0.2) is 35.4 Å². The van der Waals surface area contributed by atoms with E-state index in [2.05, 4.69) is 4.98 Å². The number of hydrogen-bond donors (Lipinski definition) is 0. The second-order valence-electron chi connectivity index (χ2n) is 7.12. The van der Waals surface area contributed by atoms with E-state index in [4.69, 9.17) is 0 Å². The van der Waals surface area contributed by atoms with Crippen LogP contribution in [0.4, 0.5) is 8.78 Å². The highest BCUT2D eigenvalue weighted by molar-refractivity contribution is 7.98. The summed E-state index contributed by atoms with van der Waals surface area (Å²) in [6, 6.07) is 8.36. The molecule has 5 nitrogen and oxygen atoms in total. The number of thioether (sulfide) groups is 1. The van der Waals surface area contributed by atoms with Crippen molar-refractivity contribution in [3.8, 4) is 0 Å². The van der Waals surface area contributed by atoms with Crippen molar-refractivity contribution in [1.29, 1.82) is 0 Å². The minimum atomic E-state index is -3.60. The van der Waals surface area contributed by atoms with Crippen LogP contribution in [0.5, 0.6) is 0 Å². The van der Waals surface area contributed by atoms with E-state index in [0.29, 0.717) is 23.8 Å². The Morgan fingerprint density at radius 3 is 2.43 bits per heavy atom. The molecule has 0 saturated carbocycles. The average Bonchev–Trinajstić information content (AvgIpc) is 3.07. The Bertz CT molecular complexity index is 1160. The van der Waals surface area contributed by atoms with Gasteiger partial charge in [-0.3, -0.25) is 0 Å². The lowest BCUT2D eigenvalue weighted by Gasteiger charge is -2.18. The van der Waals surface area contributed by atoms with E-state index < -0.39 is 21.7 Å². The Kier molecular flexibility index (Phi) is 6.84. The minimum Gasteiger partial charge on any atom is -0.316 e. The molecule has 0 amide bonds. The Morgan fingerprint density at radius 2 is 1.80 bits per heavy atom. The van der Waals surface area contributed by atoms with Gasteiger partial charge in [0.25, 0.3) is 0 Å². The number of sulfonamides is 1. The lowest BCUT2D eigenvalue weighted by atomic mass is 10.2. The summed E-state index contributed by atoms with van der Waals surface area (Å²) in [5, 5.41) is 0.626. The van der Waals surface area contributed by atoms with Crippen molar-refractivity contribution in [3.05, 3.63) is 53.6 Å². The topological polar surface area (TPSA) is 55.2 Å². The fourth-order valence-corrected chi connectivity index (χ4v) is 5.92.